The van der Waals surface area contributed by atoms with E-state index in [9.17, 15) is 0 Å². The minimum atomic E-state index is -0.435. The summed E-state index contributed by atoms with van der Waals surface area (Å²) in [6.45, 7) is 4.17. The molecule has 0 aliphatic heterocycles. The summed E-state index contributed by atoms with van der Waals surface area (Å²) in [5.74, 6) is 0. The minimum absolute atomic E-state index is 0.435. The molecule has 0 amide bonds. The van der Waals surface area contributed by atoms with Crippen molar-refractivity contribution >= 4 is 0 Å². The van der Waals surface area contributed by atoms with Crippen LogP contribution >= 0.6 is 0 Å². The van der Waals surface area contributed by atoms with Crippen LogP contribution in [0.1, 0.15) is 0 Å². The third kappa shape index (κ3) is 5.92. The van der Waals surface area contributed by atoms with Crippen LogP contribution in [0.25, 0.3) is 0 Å². The van der Waals surface area contributed by atoms with Crippen molar-refractivity contribution in [1.82, 2.24) is 0 Å². The Morgan fingerprint density at radius 2 is 1.88 bits per heavy atom. The summed E-state index contributed by atoms with van der Waals surface area (Å²) in [7, 11) is 6.07. The van der Waals surface area contributed by atoms with Gasteiger partial charge in [0.15, 0.2) is 0 Å². The summed E-state index contributed by atoms with van der Waals surface area (Å²) in [6.07, 6.45) is -0.435. The highest BCUT2D eigenvalue weighted by molar-refractivity contribution is 4.52. The molecule has 0 saturated heterocycles. The second kappa shape index (κ2) is 2.46. The molecule has 1 unspecified atom stereocenters. The van der Waals surface area contributed by atoms with Gasteiger partial charge in [-0.1, -0.05) is 0 Å². The highest BCUT2D eigenvalue weighted by Crippen LogP contribution is 1.91. The van der Waals surface area contributed by atoms with Gasteiger partial charge in [0, 0.05) is 0 Å². The number of likely N-dealkylation sites (N-methyl/N-ethyl adjacent to an activating group) is 1. The SMILES string of the molecule is [CH2-]C(O)C[N+](C)(C)C. The molecular weight excluding hydrogens is 102 g/mol. The van der Waals surface area contributed by atoms with E-state index >= 15 is 0 Å². The number of hydrogen-bond donors (Lipinski definition) is 1. The van der Waals surface area contributed by atoms with Crippen molar-refractivity contribution in [3.05, 3.63) is 6.92 Å². The Balaban J connectivity index is 3.39. The Morgan fingerprint density at radius 1 is 1.50 bits per heavy atom. The van der Waals surface area contributed by atoms with Gasteiger partial charge >= 0.3 is 0 Å². The first-order chi connectivity index (χ1) is 3.42. The lowest BCUT2D eigenvalue weighted by Crippen LogP contribution is -2.40. The summed E-state index contributed by atoms with van der Waals surface area (Å²) in [5.41, 5.74) is 0. The number of rotatable bonds is 2. The molecule has 0 rings (SSSR count). The van der Waals surface area contributed by atoms with Gasteiger partial charge in [-0.3, -0.25) is 0 Å². The standard InChI is InChI=1S/C6H15NO/c1-6(8)5-7(2,3)4/h6,8H,1,5H2,2-4H3. The molecule has 0 aliphatic carbocycles. The van der Waals surface area contributed by atoms with Crippen LogP contribution in [0.2, 0.25) is 0 Å². The average molecular weight is 117 g/mol. The molecule has 2 nitrogen and oxygen atoms in total. The van der Waals surface area contributed by atoms with Gasteiger partial charge in [-0.25, -0.2) is 0 Å². The van der Waals surface area contributed by atoms with Gasteiger partial charge in [0.25, 0.3) is 0 Å². The Kier molecular flexibility index (Phi) is 2.44. The Hall–Kier alpha value is -0.0800. The molecule has 50 valence electrons. The number of aliphatic hydroxyl groups excluding tert-OH is 1. The maximum atomic E-state index is 8.76. The average Bonchev–Trinajstić information content (AvgIpc) is 1.21. The first kappa shape index (κ1) is 7.92. The molecule has 0 fully saturated rings. The van der Waals surface area contributed by atoms with Gasteiger partial charge in [0.2, 0.25) is 0 Å². The third-order valence-corrected chi connectivity index (χ3v) is 0.758. The summed E-state index contributed by atoms with van der Waals surface area (Å²) < 4.78 is 0.769. The molecule has 0 aromatic carbocycles. The molecule has 2 heteroatoms. The topological polar surface area (TPSA) is 20.2 Å². The molecule has 0 aromatic heterocycles. The van der Waals surface area contributed by atoms with E-state index in [1.54, 1.807) is 0 Å². The predicted molar refractivity (Wildman–Crippen MR) is 34.3 cm³/mol. The molecule has 1 atom stereocenters. The highest BCUT2D eigenvalue weighted by Gasteiger charge is 2.05. The fourth-order valence-corrected chi connectivity index (χ4v) is 0.632. The second-order valence-corrected chi connectivity index (χ2v) is 3.13. The minimum Gasteiger partial charge on any atom is -0.420 e. The number of quaternary nitrogens is 1. The van der Waals surface area contributed by atoms with Crippen molar-refractivity contribution in [1.29, 1.82) is 0 Å². The lowest BCUT2D eigenvalue weighted by Gasteiger charge is -2.27. The summed E-state index contributed by atoms with van der Waals surface area (Å²) in [4.78, 5) is 0. The van der Waals surface area contributed by atoms with Crippen molar-refractivity contribution in [2.45, 2.75) is 6.10 Å². The van der Waals surface area contributed by atoms with E-state index < -0.39 is 6.10 Å². The van der Waals surface area contributed by atoms with Crippen LogP contribution in [0, 0.1) is 6.92 Å². The maximum absolute atomic E-state index is 8.76. The molecule has 0 spiro atoms. The lowest BCUT2D eigenvalue weighted by atomic mass is 10.3. The van der Waals surface area contributed by atoms with Crippen molar-refractivity contribution in [2.24, 2.45) is 0 Å². The van der Waals surface area contributed by atoms with Gasteiger partial charge in [0.05, 0.1) is 27.7 Å². The Morgan fingerprint density at radius 3 is 1.88 bits per heavy atom. The Labute approximate surface area is 51.3 Å². The van der Waals surface area contributed by atoms with Crippen molar-refractivity contribution in [2.75, 3.05) is 27.7 Å². The first-order valence-corrected chi connectivity index (χ1v) is 2.73. The lowest BCUT2D eigenvalue weighted by molar-refractivity contribution is -0.872. The molecule has 0 bridgehead atoms. The first-order valence-electron chi connectivity index (χ1n) is 2.73. The van der Waals surface area contributed by atoms with E-state index in [4.69, 9.17) is 5.11 Å². The van der Waals surface area contributed by atoms with E-state index in [2.05, 4.69) is 6.92 Å². The third-order valence-electron chi connectivity index (χ3n) is 0.758. The zero-order chi connectivity index (χ0) is 6.78. The van der Waals surface area contributed by atoms with Crippen molar-refractivity contribution in [3.8, 4) is 0 Å². The number of aliphatic hydroxyl groups is 1. The molecule has 0 heterocycles. The van der Waals surface area contributed by atoms with Gasteiger partial charge in [-0.05, 0) is 6.10 Å². The van der Waals surface area contributed by atoms with E-state index in [-0.39, 0.29) is 0 Å². The summed E-state index contributed by atoms with van der Waals surface area (Å²) in [6, 6.07) is 0. The molecule has 0 aromatic rings. The molecule has 0 saturated carbocycles. The summed E-state index contributed by atoms with van der Waals surface area (Å²) >= 11 is 0. The molecule has 1 N–H and O–H groups in total. The molecule has 0 aliphatic rings. The van der Waals surface area contributed by atoms with Crippen LogP contribution in [-0.2, 0) is 0 Å². The van der Waals surface area contributed by atoms with E-state index in [1.165, 1.54) is 0 Å². The van der Waals surface area contributed by atoms with E-state index in [0.29, 0.717) is 6.54 Å². The second-order valence-electron chi connectivity index (χ2n) is 3.13. The smallest absolute Gasteiger partial charge is 0.0757 e. The monoisotopic (exact) mass is 117 g/mol. The van der Waals surface area contributed by atoms with Crippen LogP contribution < -0.4 is 0 Å². The molecule has 0 radical (unpaired) electrons. The van der Waals surface area contributed by atoms with Gasteiger partial charge < -0.3 is 16.5 Å². The number of hydrogen-bond acceptors (Lipinski definition) is 1. The van der Waals surface area contributed by atoms with Crippen LogP contribution in [0.15, 0.2) is 0 Å². The fourth-order valence-electron chi connectivity index (χ4n) is 0.632. The zero-order valence-electron chi connectivity index (χ0n) is 5.89. The van der Waals surface area contributed by atoms with Gasteiger partial charge in [-0.2, -0.15) is 0 Å². The van der Waals surface area contributed by atoms with Crippen LogP contribution in [0.5, 0.6) is 0 Å². The quantitative estimate of drug-likeness (QED) is 0.395. The Bertz CT molecular complexity index is 63.4. The van der Waals surface area contributed by atoms with Crippen molar-refractivity contribution in [3.63, 3.8) is 0 Å². The maximum Gasteiger partial charge on any atom is 0.0757 e. The highest BCUT2D eigenvalue weighted by atomic mass is 16.3. The largest absolute Gasteiger partial charge is 0.420 e. The molecule has 8 heavy (non-hydrogen) atoms. The van der Waals surface area contributed by atoms with Gasteiger partial charge in [-0.15, -0.1) is 0 Å². The van der Waals surface area contributed by atoms with Crippen LogP contribution in [0.4, 0.5) is 0 Å². The van der Waals surface area contributed by atoms with E-state index in [0.717, 1.165) is 4.48 Å². The van der Waals surface area contributed by atoms with E-state index in [1.807, 2.05) is 21.1 Å². The van der Waals surface area contributed by atoms with Gasteiger partial charge in [0.1, 0.15) is 0 Å². The summed E-state index contributed by atoms with van der Waals surface area (Å²) in [5, 5.41) is 8.76. The normalized spacial score (nSPS) is 16.1. The molecular formula is C6H15NO. The predicted octanol–water partition coefficient (Wildman–Crippen LogP) is -0.112. The van der Waals surface area contributed by atoms with Crippen LogP contribution in [0.3, 0.4) is 0 Å². The van der Waals surface area contributed by atoms with Crippen molar-refractivity contribution < 1.29 is 9.59 Å². The number of nitrogens with zero attached hydrogens (tertiary/aromatic N) is 1. The zero-order valence-corrected chi connectivity index (χ0v) is 5.89. The fraction of sp³-hybridized carbons (Fsp3) is 0.833. The van der Waals surface area contributed by atoms with Crippen LogP contribution in [-0.4, -0.2) is 43.4 Å².